The Morgan fingerprint density at radius 3 is 2.59 bits per heavy atom. The number of thiazole rings is 1. The molecule has 1 aliphatic rings. The van der Waals surface area contributed by atoms with Gasteiger partial charge in [0.05, 0.1) is 29.7 Å². The fourth-order valence-corrected chi connectivity index (χ4v) is 5.86. The lowest BCUT2D eigenvalue weighted by molar-refractivity contribution is -0.131. The summed E-state index contributed by atoms with van der Waals surface area (Å²) in [5.74, 6) is 1.46. The molecule has 2 aromatic heterocycles. The van der Waals surface area contributed by atoms with E-state index in [0.717, 1.165) is 22.0 Å². The minimum absolute atomic E-state index is 0.000899. The number of amides is 3. The molecule has 2 atom stereocenters. The van der Waals surface area contributed by atoms with Gasteiger partial charge in [0.25, 0.3) is 0 Å². The molecule has 12 heteroatoms. The Hall–Kier alpha value is -3.25. The third-order valence-corrected chi connectivity index (χ3v) is 8.47. The van der Waals surface area contributed by atoms with Gasteiger partial charge in [0.1, 0.15) is 6.04 Å². The van der Waals surface area contributed by atoms with Crippen molar-refractivity contribution in [3.05, 3.63) is 52.2 Å². The van der Waals surface area contributed by atoms with Crippen LogP contribution in [0.15, 0.2) is 35.7 Å². The molecule has 41 heavy (non-hydrogen) atoms. The molecule has 0 fully saturated rings. The molecule has 0 radical (unpaired) electrons. The zero-order valence-electron chi connectivity index (χ0n) is 24.1. The number of benzene rings is 1. The number of thioether (sulfide) groups is 1. The molecular formula is C29H39N7O3S2. The lowest BCUT2D eigenvalue weighted by Gasteiger charge is -2.28. The van der Waals surface area contributed by atoms with E-state index in [1.165, 1.54) is 11.3 Å². The Kier molecular flexibility index (Phi) is 10.9. The van der Waals surface area contributed by atoms with Gasteiger partial charge in [0.15, 0.2) is 11.6 Å². The Morgan fingerprint density at radius 1 is 1.12 bits per heavy atom. The number of aromatic nitrogens is 4. The topological polar surface area (TPSA) is 122 Å². The predicted molar refractivity (Wildman–Crippen MR) is 162 cm³/mol. The quantitative estimate of drug-likeness (QED) is 0.427. The highest BCUT2D eigenvalue weighted by Crippen LogP contribution is 2.25. The molecule has 1 aliphatic heterocycles. The fourth-order valence-electron chi connectivity index (χ4n) is 4.78. The summed E-state index contributed by atoms with van der Waals surface area (Å²) < 4.78 is 1.82. The molecule has 3 heterocycles. The van der Waals surface area contributed by atoms with Crippen LogP contribution in [0.5, 0.6) is 0 Å². The molecule has 0 spiro atoms. The molecule has 3 aromatic rings. The SMILES string of the molecule is CSCC[C@@H]1NC(=O)CCCN(C(=O)Cc2csc(C)n2)CCn2nc(-c3ccccc3)nc2[C@@H](C(C)C)NC1=O. The summed E-state index contributed by atoms with van der Waals surface area (Å²) in [6, 6.07) is 8.62. The lowest BCUT2D eigenvalue weighted by Crippen LogP contribution is -2.49. The molecule has 0 unspecified atom stereocenters. The molecule has 220 valence electrons. The van der Waals surface area contributed by atoms with Gasteiger partial charge in [-0.2, -0.15) is 16.9 Å². The molecule has 3 amide bonds. The second-order valence-corrected chi connectivity index (χ2v) is 12.6. The van der Waals surface area contributed by atoms with Crippen molar-refractivity contribution in [3.63, 3.8) is 0 Å². The third-order valence-electron chi connectivity index (χ3n) is 7.00. The van der Waals surface area contributed by atoms with E-state index in [-0.39, 0.29) is 36.5 Å². The molecule has 0 saturated carbocycles. The van der Waals surface area contributed by atoms with Crippen molar-refractivity contribution < 1.29 is 14.4 Å². The number of nitrogens with zero attached hydrogens (tertiary/aromatic N) is 5. The number of rotatable bonds is 7. The van der Waals surface area contributed by atoms with Gasteiger partial charge in [-0.25, -0.2) is 14.6 Å². The van der Waals surface area contributed by atoms with Crippen LogP contribution in [-0.4, -0.2) is 73.5 Å². The lowest BCUT2D eigenvalue weighted by atomic mass is 10.0. The number of carbonyl (C=O) groups is 3. The van der Waals surface area contributed by atoms with E-state index in [2.05, 4.69) is 15.6 Å². The predicted octanol–water partition coefficient (Wildman–Crippen LogP) is 3.63. The number of carbonyl (C=O) groups excluding carboxylic acids is 3. The molecule has 0 bridgehead atoms. The second kappa shape index (κ2) is 14.6. The van der Waals surface area contributed by atoms with E-state index in [4.69, 9.17) is 10.1 Å². The zero-order valence-corrected chi connectivity index (χ0v) is 25.8. The summed E-state index contributed by atoms with van der Waals surface area (Å²) in [4.78, 5) is 50.9. The fraction of sp³-hybridized carbons (Fsp3) is 0.517. The molecule has 0 aliphatic carbocycles. The van der Waals surface area contributed by atoms with Crippen molar-refractivity contribution in [2.75, 3.05) is 25.1 Å². The molecular weight excluding hydrogens is 558 g/mol. The van der Waals surface area contributed by atoms with E-state index in [9.17, 15) is 14.4 Å². The highest BCUT2D eigenvalue weighted by Gasteiger charge is 2.30. The Morgan fingerprint density at radius 2 is 1.90 bits per heavy atom. The van der Waals surface area contributed by atoms with Gasteiger partial charge < -0.3 is 15.5 Å². The normalized spacial score (nSPS) is 18.9. The van der Waals surface area contributed by atoms with Gasteiger partial charge in [0, 0.05) is 30.5 Å². The van der Waals surface area contributed by atoms with Crippen molar-refractivity contribution in [3.8, 4) is 11.4 Å². The number of nitrogens with one attached hydrogen (secondary N) is 2. The number of hydrogen-bond acceptors (Lipinski definition) is 8. The standard InChI is InChI=1S/C29H39N7O3S2/c1-19(2)26-28-33-27(21-9-6-5-7-10-21)34-36(28)15-14-35(25(38)17-22-18-41-20(3)30-22)13-8-11-24(37)31-23(12-16-40-4)29(39)32-26/h5-7,9-10,18-19,23,26H,8,11-17H2,1-4H3,(H,31,37)(H,32,39)/t23-,26+/m0/s1. The van der Waals surface area contributed by atoms with Crippen molar-refractivity contribution in [2.24, 2.45) is 5.92 Å². The van der Waals surface area contributed by atoms with Crippen molar-refractivity contribution in [2.45, 2.75) is 65.1 Å². The van der Waals surface area contributed by atoms with Crippen molar-refractivity contribution >= 4 is 40.8 Å². The van der Waals surface area contributed by atoms with Crippen LogP contribution < -0.4 is 10.6 Å². The summed E-state index contributed by atoms with van der Waals surface area (Å²) in [6.45, 7) is 7.18. The van der Waals surface area contributed by atoms with Crippen LogP contribution in [0.1, 0.15) is 55.7 Å². The molecule has 10 nitrogen and oxygen atoms in total. The van der Waals surface area contributed by atoms with E-state index in [1.54, 1.807) is 16.7 Å². The first-order valence-corrected chi connectivity index (χ1v) is 16.3. The first kappa shape index (κ1) is 30.7. The maximum Gasteiger partial charge on any atom is 0.243 e. The highest BCUT2D eigenvalue weighted by molar-refractivity contribution is 7.98. The van der Waals surface area contributed by atoms with E-state index >= 15 is 0 Å². The number of hydrogen-bond donors (Lipinski definition) is 2. The largest absolute Gasteiger partial charge is 0.344 e. The van der Waals surface area contributed by atoms with Crippen LogP contribution in [0, 0.1) is 12.8 Å². The zero-order chi connectivity index (χ0) is 29.4. The van der Waals surface area contributed by atoms with Crippen LogP contribution in [0.2, 0.25) is 0 Å². The summed E-state index contributed by atoms with van der Waals surface area (Å²) in [7, 11) is 0. The average Bonchev–Trinajstić information content (AvgIpc) is 3.56. The van der Waals surface area contributed by atoms with E-state index < -0.39 is 12.1 Å². The third kappa shape index (κ3) is 8.38. The maximum atomic E-state index is 13.5. The van der Waals surface area contributed by atoms with Gasteiger partial charge in [-0.05, 0) is 37.7 Å². The summed E-state index contributed by atoms with van der Waals surface area (Å²) in [5, 5.41) is 13.8. The molecule has 1 aromatic carbocycles. The monoisotopic (exact) mass is 597 g/mol. The minimum Gasteiger partial charge on any atom is -0.344 e. The number of fused-ring (bicyclic) bond motifs is 1. The minimum atomic E-state index is -0.658. The van der Waals surface area contributed by atoms with Crippen LogP contribution in [0.25, 0.3) is 11.4 Å². The second-order valence-electron chi connectivity index (χ2n) is 10.5. The van der Waals surface area contributed by atoms with Crippen LogP contribution in [0.4, 0.5) is 0 Å². The van der Waals surface area contributed by atoms with Crippen molar-refractivity contribution in [1.29, 1.82) is 0 Å². The Balaban J connectivity index is 1.69. The van der Waals surface area contributed by atoms with Crippen molar-refractivity contribution in [1.82, 2.24) is 35.3 Å². The Bertz CT molecular complexity index is 1320. The maximum absolute atomic E-state index is 13.5. The van der Waals surface area contributed by atoms with Crippen LogP contribution in [0.3, 0.4) is 0 Å². The Labute approximate surface area is 249 Å². The summed E-state index contributed by atoms with van der Waals surface area (Å²) >= 11 is 3.15. The average molecular weight is 598 g/mol. The van der Waals surface area contributed by atoms with E-state index in [1.807, 2.05) is 67.4 Å². The van der Waals surface area contributed by atoms with Crippen LogP contribution in [-0.2, 0) is 27.3 Å². The first-order valence-electron chi connectivity index (χ1n) is 14.0. The van der Waals surface area contributed by atoms with E-state index in [0.29, 0.717) is 44.1 Å². The van der Waals surface area contributed by atoms with Gasteiger partial charge in [-0.15, -0.1) is 11.3 Å². The summed E-state index contributed by atoms with van der Waals surface area (Å²) in [6.07, 6.45) is 3.41. The summed E-state index contributed by atoms with van der Waals surface area (Å²) in [5.41, 5.74) is 1.62. The number of aryl methyl sites for hydroxylation is 1. The van der Waals surface area contributed by atoms with Gasteiger partial charge >= 0.3 is 0 Å². The van der Waals surface area contributed by atoms with Crippen LogP contribution >= 0.6 is 23.1 Å². The molecule has 2 N–H and O–H groups in total. The van der Waals surface area contributed by atoms with Gasteiger partial charge in [-0.3, -0.25) is 14.4 Å². The molecule has 0 saturated heterocycles. The van der Waals surface area contributed by atoms with Gasteiger partial charge in [0.2, 0.25) is 17.7 Å². The van der Waals surface area contributed by atoms with Gasteiger partial charge in [-0.1, -0.05) is 44.2 Å². The smallest absolute Gasteiger partial charge is 0.243 e. The first-order chi connectivity index (χ1) is 19.7. The highest BCUT2D eigenvalue weighted by atomic mass is 32.2. The molecule has 4 rings (SSSR count).